The van der Waals surface area contributed by atoms with Crippen LogP contribution in [0.5, 0.6) is 0 Å². The summed E-state index contributed by atoms with van der Waals surface area (Å²) >= 11 is 5.56. The third-order valence-electron chi connectivity index (χ3n) is 1.57. The summed E-state index contributed by atoms with van der Waals surface area (Å²) in [5, 5.41) is 0. The smallest absolute Gasteiger partial charge is 0.291 e. The van der Waals surface area contributed by atoms with Crippen LogP contribution in [0.1, 0.15) is 5.69 Å². The SMILES string of the molecule is O=c1[nH]ccn2cc(CCl)nc12. The first-order valence-electron chi connectivity index (χ1n) is 3.42. The molecular formula is C7H6ClN3O. The average Bonchev–Trinajstić information content (AvgIpc) is 2.49. The minimum atomic E-state index is -0.200. The second kappa shape index (κ2) is 2.64. The summed E-state index contributed by atoms with van der Waals surface area (Å²) in [4.78, 5) is 17.7. The van der Waals surface area contributed by atoms with Crippen molar-refractivity contribution in [2.45, 2.75) is 5.88 Å². The van der Waals surface area contributed by atoms with Crippen LogP contribution in [0.3, 0.4) is 0 Å². The monoisotopic (exact) mass is 183 g/mol. The van der Waals surface area contributed by atoms with E-state index in [0.29, 0.717) is 17.2 Å². The van der Waals surface area contributed by atoms with E-state index in [1.807, 2.05) is 0 Å². The van der Waals surface area contributed by atoms with Crippen molar-refractivity contribution in [2.24, 2.45) is 0 Å². The molecular weight excluding hydrogens is 178 g/mol. The van der Waals surface area contributed by atoms with Crippen LogP contribution in [-0.2, 0) is 5.88 Å². The molecule has 0 unspecified atom stereocenters. The molecule has 4 nitrogen and oxygen atoms in total. The van der Waals surface area contributed by atoms with Gasteiger partial charge in [0.05, 0.1) is 11.6 Å². The molecule has 1 N–H and O–H groups in total. The van der Waals surface area contributed by atoms with E-state index in [1.165, 1.54) is 0 Å². The maximum atomic E-state index is 11.1. The molecule has 12 heavy (non-hydrogen) atoms. The molecule has 0 atom stereocenters. The Hall–Kier alpha value is -1.29. The van der Waals surface area contributed by atoms with Gasteiger partial charge in [-0.05, 0) is 0 Å². The third-order valence-corrected chi connectivity index (χ3v) is 1.85. The van der Waals surface area contributed by atoms with E-state index in [1.54, 1.807) is 23.0 Å². The lowest BCUT2D eigenvalue weighted by atomic mass is 10.6. The van der Waals surface area contributed by atoms with Gasteiger partial charge in [-0.15, -0.1) is 11.6 Å². The molecule has 2 heterocycles. The fourth-order valence-corrected chi connectivity index (χ4v) is 1.18. The molecule has 0 bridgehead atoms. The van der Waals surface area contributed by atoms with Gasteiger partial charge in [-0.1, -0.05) is 0 Å². The van der Waals surface area contributed by atoms with Crippen LogP contribution in [0, 0.1) is 0 Å². The van der Waals surface area contributed by atoms with E-state index in [4.69, 9.17) is 11.6 Å². The fourth-order valence-electron chi connectivity index (χ4n) is 1.05. The highest BCUT2D eigenvalue weighted by Crippen LogP contribution is 2.01. The quantitative estimate of drug-likeness (QED) is 0.664. The summed E-state index contributed by atoms with van der Waals surface area (Å²) in [6, 6.07) is 0. The van der Waals surface area contributed by atoms with E-state index < -0.39 is 0 Å². The summed E-state index contributed by atoms with van der Waals surface area (Å²) in [7, 11) is 0. The van der Waals surface area contributed by atoms with Gasteiger partial charge >= 0.3 is 0 Å². The topological polar surface area (TPSA) is 50.2 Å². The molecule has 2 aromatic rings. The van der Waals surface area contributed by atoms with E-state index in [0.717, 1.165) is 0 Å². The van der Waals surface area contributed by atoms with Gasteiger partial charge in [-0.25, -0.2) is 4.98 Å². The molecule has 0 radical (unpaired) electrons. The Kier molecular flexibility index (Phi) is 1.62. The second-order valence-corrected chi connectivity index (χ2v) is 2.65. The number of fused-ring (bicyclic) bond motifs is 1. The zero-order valence-electron chi connectivity index (χ0n) is 6.12. The van der Waals surface area contributed by atoms with Crippen LogP contribution in [0.15, 0.2) is 23.4 Å². The van der Waals surface area contributed by atoms with Gasteiger partial charge in [0, 0.05) is 18.6 Å². The van der Waals surface area contributed by atoms with Crippen LogP contribution < -0.4 is 5.56 Å². The molecule has 0 saturated heterocycles. The van der Waals surface area contributed by atoms with Crippen molar-refractivity contribution in [2.75, 3.05) is 0 Å². The lowest BCUT2D eigenvalue weighted by Gasteiger charge is -1.86. The molecule has 62 valence electrons. The zero-order valence-corrected chi connectivity index (χ0v) is 6.88. The first-order chi connectivity index (χ1) is 5.81. The molecule has 0 saturated carbocycles. The number of aromatic amines is 1. The minimum Gasteiger partial charge on any atom is -0.324 e. The van der Waals surface area contributed by atoms with Gasteiger partial charge in [-0.3, -0.25) is 4.79 Å². The molecule has 2 aromatic heterocycles. The Labute approximate surface area is 72.8 Å². The minimum absolute atomic E-state index is 0.200. The van der Waals surface area contributed by atoms with Crippen molar-refractivity contribution < 1.29 is 0 Å². The van der Waals surface area contributed by atoms with Crippen molar-refractivity contribution in [3.05, 3.63) is 34.6 Å². The van der Waals surface area contributed by atoms with Crippen LogP contribution in [0.2, 0.25) is 0 Å². The molecule has 0 spiro atoms. The second-order valence-electron chi connectivity index (χ2n) is 2.39. The number of H-pyrrole nitrogens is 1. The Bertz CT molecular complexity index is 459. The Morgan fingerprint density at radius 2 is 2.50 bits per heavy atom. The van der Waals surface area contributed by atoms with E-state index in [-0.39, 0.29) is 5.56 Å². The molecule has 0 aliphatic heterocycles. The summed E-state index contributed by atoms with van der Waals surface area (Å²) in [6.07, 6.45) is 5.02. The highest BCUT2D eigenvalue weighted by atomic mass is 35.5. The first kappa shape index (κ1) is 7.36. The fraction of sp³-hybridized carbons (Fsp3) is 0.143. The van der Waals surface area contributed by atoms with Crippen LogP contribution >= 0.6 is 11.6 Å². The number of imidazole rings is 1. The first-order valence-corrected chi connectivity index (χ1v) is 3.96. The van der Waals surface area contributed by atoms with E-state index in [2.05, 4.69) is 9.97 Å². The highest BCUT2D eigenvalue weighted by Gasteiger charge is 2.01. The van der Waals surface area contributed by atoms with Crippen LogP contribution in [0.25, 0.3) is 5.65 Å². The number of nitrogens with zero attached hydrogens (tertiary/aromatic N) is 2. The predicted octanol–water partition coefficient (Wildman–Crippen LogP) is 0.761. The summed E-state index contributed by atoms with van der Waals surface area (Å²) in [5.74, 6) is 0.321. The summed E-state index contributed by atoms with van der Waals surface area (Å²) in [6.45, 7) is 0. The normalized spacial score (nSPS) is 10.8. The number of nitrogens with one attached hydrogen (secondary N) is 1. The van der Waals surface area contributed by atoms with Crippen molar-refractivity contribution in [1.82, 2.24) is 14.4 Å². The number of rotatable bonds is 1. The molecule has 0 aliphatic carbocycles. The molecule has 5 heteroatoms. The highest BCUT2D eigenvalue weighted by molar-refractivity contribution is 6.16. The number of aromatic nitrogens is 3. The maximum absolute atomic E-state index is 11.1. The molecule has 0 aromatic carbocycles. The lowest BCUT2D eigenvalue weighted by Crippen LogP contribution is -2.07. The Balaban J connectivity index is 2.83. The van der Waals surface area contributed by atoms with Crippen molar-refractivity contribution in [3.8, 4) is 0 Å². The Morgan fingerprint density at radius 1 is 1.67 bits per heavy atom. The van der Waals surface area contributed by atoms with Crippen molar-refractivity contribution in [3.63, 3.8) is 0 Å². The zero-order chi connectivity index (χ0) is 8.55. The largest absolute Gasteiger partial charge is 0.324 e. The van der Waals surface area contributed by atoms with Gasteiger partial charge in [0.1, 0.15) is 0 Å². The maximum Gasteiger partial charge on any atom is 0.291 e. The Morgan fingerprint density at radius 3 is 3.17 bits per heavy atom. The van der Waals surface area contributed by atoms with Crippen LogP contribution in [-0.4, -0.2) is 14.4 Å². The van der Waals surface area contributed by atoms with Gasteiger partial charge < -0.3 is 9.38 Å². The van der Waals surface area contributed by atoms with Gasteiger partial charge in [0.15, 0.2) is 0 Å². The van der Waals surface area contributed by atoms with E-state index >= 15 is 0 Å². The number of hydrogen-bond donors (Lipinski definition) is 1. The predicted molar refractivity (Wildman–Crippen MR) is 45.4 cm³/mol. The van der Waals surface area contributed by atoms with Gasteiger partial charge in [-0.2, -0.15) is 0 Å². The van der Waals surface area contributed by atoms with Gasteiger partial charge in [0.25, 0.3) is 5.56 Å². The number of hydrogen-bond acceptors (Lipinski definition) is 2. The van der Waals surface area contributed by atoms with E-state index in [9.17, 15) is 4.79 Å². The van der Waals surface area contributed by atoms with Gasteiger partial charge in [0.2, 0.25) is 5.65 Å². The summed E-state index contributed by atoms with van der Waals surface area (Å²) in [5.41, 5.74) is 0.885. The molecule has 0 fully saturated rings. The molecule has 0 amide bonds. The number of alkyl halides is 1. The number of halogens is 1. The third kappa shape index (κ3) is 1.00. The lowest BCUT2D eigenvalue weighted by molar-refractivity contribution is 1.09. The van der Waals surface area contributed by atoms with Crippen molar-refractivity contribution >= 4 is 17.2 Å². The molecule has 0 aliphatic rings. The van der Waals surface area contributed by atoms with Crippen LogP contribution in [0.4, 0.5) is 0 Å². The van der Waals surface area contributed by atoms with Crippen molar-refractivity contribution in [1.29, 1.82) is 0 Å². The standard InChI is InChI=1S/C7H6ClN3O/c8-3-5-4-11-2-1-9-7(12)6(11)10-5/h1-2,4H,3H2,(H,9,12). The average molecular weight is 184 g/mol. The summed E-state index contributed by atoms with van der Waals surface area (Å²) < 4.78 is 1.65. The molecule has 2 rings (SSSR count).